The number of carbonyl (C=O) groups is 1. The van der Waals surface area contributed by atoms with Gasteiger partial charge in [0.05, 0.1) is 25.0 Å². The molecule has 0 bridgehead atoms. The molecule has 6 nitrogen and oxygen atoms in total. The third kappa shape index (κ3) is 4.29. The van der Waals surface area contributed by atoms with E-state index in [0.29, 0.717) is 0 Å². The molecule has 2 rings (SSSR count). The van der Waals surface area contributed by atoms with Crippen LogP contribution in [0.1, 0.15) is 17.3 Å². The van der Waals surface area contributed by atoms with Crippen molar-refractivity contribution in [2.75, 3.05) is 18.4 Å². The van der Waals surface area contributed by atoms with E-state index < -0.39 is 27.5 Å². The fraction of sp³-hybridized carbons (Fsp3) is 0.188. The minimum atomic E-state index is -4.20. The summed E-state index contributed by atoms with van der Waals surface area (Å²) in [6.45, 7) is 1.65. The number of anilines is 1. The molecule has 0 amide bonds. The molecule has 0 atom stereocenters. The molecule has 134 valence electrons. The Bertz CT molecular complexity index is 901. The van der Waals surface area contributed by atoms with E-state index in [9.17, 15) is 17.6 Å². The molecular weight excluding hydrogens is 417 g/mol. The lowest BCUT2D eigenvalue weighted by Gasteiger charge is -2.15. The maximum Gasteiger partial charge on any atom is 0.340 e. The minimum absolute atomic E-state index is 0.0612. The first kappa shape index (κ1) is 19.2. The lowest BCUT2D eigenvalue weighted by molar-refractivity contribution is 0.0527. The molecule has 0 aliphatic carbocycles. The predicted octanol–water partition coefficient (Wildman–Crippen LogP) is 3.57. The Kier molecular flexibility index (Phi) is 6.02. The van der Waals surface area contributed by atoms with E-state index in [2.05, 4.69) is 20.7 Å². The van der Waals surface area contributed by atoms with Crippen LogP contribution in [-0.4, -0.2) is 28.1 Å². The number of hydrogen-bond donors (Lipinski definition) is 1. The van der Waals surface area contributed by atoms with Crippen molar-refractivity contribution >= 4 is 37.6 Å². The van der Waals surface area contributed by atoms with E-state index in [1.54, 1.807) is 13.0 Å². The number of benzene rings is 2. The Hall–Kier alpha value is -2.13. The Balaban J connectivity index is 2.54. The van der Waals surface area contributed by atoms with Crippen LogP contribution >= 0.6 is 15.9 Å². The summed E-state index contributed by atoms with van der Waals surface area (Å²) in [6.07, 6.45) is 0. The number of sulfonamides is 1. The molecule has 9 heteroatoms. The van der Waals surface area contributed by atoms with Crippen LogP contribution in [0.15, 0.2) is 45.8 Å². The third-order valence-electron chi connectivity index (χ3n) is 3.15. The second-order valence-corrected chi connectivity index (χ2v) is 7.35. The first-order valence-electron chi connectivity index (χ1n) is 7.12. The summed E-state index contributed by atoms with van der Waals surface area (Å²) in [5, 5.41) is 0. The normalized spacial score (nSPS) is 11.0. The lowest BCUT2D eigenvalue weighted by Crippen LogP contribution is -2.18. The van der Waals surface area contributed by atoms with Crippen LogP contribution in [0.25, 0.3) is 0 Å². The summed E-state index contributed by atoms with van der Waals surface area (Å²) in [6, 6.07) is 8.19. The fourth-order valence-electron chi connectivity index (χ4n) is 2.08. The van der Waals surface area contributed by atoms with Gasteiger partial charge < -0.3 is 9.47 Å². The number of nitrogens with one attached hydrogen (secondary N) is 1. The number of para-hydroxylation sites is 1. The van der Waals surface area contributed by atoms with Crippen molar-refractivity contribution in [1.29, 1.82) is 0 Å². The highest BCUT2D eigenvalue weighted by molar-refractivity contribution is 9.10. The summed E-state index contributed by atoms with van der Waals surface area (Å²) in [5.41, 5.74) is -0.736. The SMILES string of the molecule is CCOC(=O)c1cc(Br)cc(F)c1NS(=O)(=O)c1ccccc1OC. The van der Waals surface area contributed by atoms with Crippen molar-refractivity contribution in [3.8, 4) is 5.75 Å². The van der Waals surface area contributed by atoms with Gasteiger partial charge in [0, 0.05) is 4.47 Å². The summed E-state index contributed by atoms with van der Waals surface area (Å²) in [5.74, 6) is -1.68. The van der Waals surface area contributed by atoms with Gasteiger partial charge in [-0.25, -0.2) is 17.6 Å². The van der Waals surface area contributed by atoms with Crippen LogP contribution in [0, 0.1) is 5.82 Å². The highest BCUT2D eigenvalue weighted by Gasteiger charge is 2.25. The summed E-state index contributed by atoms with van der Waals surface area (Å²) in [7, 11) is -2.88. The highest BCUT2D eigenvalue weighted by atomic mass is 79.9. The first-order chi connectivity index (χ1) is 11.8. The Morgan fingerprint density at radius 1 is 1.28 bits per heavy atom. The second kappa shape index (κ2) is 7.83. The number of carbonyl (C=O) groups excluding carboxylic acids is 1. The summed E-state index contributed by atoms with van der Waals surface area (Å²) >= 11 is 3.07. The highest BCUT2D eigenvalue weighted by Crippen LogP contribution is 2.30. The molecule has 0 heterocycles. The van der Waals surface area contributed by atoms with E-state index in [0.717, 1.165) is 6.07 Å². The molecule has 0 saturated heterocycles. The van der Waals surface area contributed by atoms with E-state index in [-0.39, 0.29) is 27.3 Å². The molecule has 2 aromatic rings. The van der Waals surface area contributed by atoms with Gasteiger partial charge in [-0.3, -0.25) is 4.72 Å². The zero-order valence-corrected chi connectivity index (χ0v) is 15.8. The van der Waals surface area contributed by atoms with E-state index in [4.69, 9.17) is 9.47 Å². The van der Waals surface area contributed by atoms with Gasteiger partial charge in [0.25, 0.3) is 10.0 Å². The Morgan fingerprint density at radius 3 is 2.60 bits per heavy atom. The molecular formula is C16H15BrFNO5S. The molecule has 0 spiro atoms. The summed E-state index contributed by atoms with van der Waals surface area (Å²) < 4.78 is 51.9. The quantitative estimate of drug-likeness (QED) is 0.706. The Morgan fingerprint density at radius 2 is 1.96 bits per heavy atom. The van der Waals surface area contributed by atoms with Crippen molar-refractivity contribution in [3.63, 3.8) is 0 Å². The maximum absolute atomic E-state index is 14.3. The number of methoxy groups -OCH3 is 1. The van der Waals surface area contributed by atoms with E-state index in [1.165, 1.54) is 31.4 Å². The summed E-state index contributed by atoms with van der Waals surface area (Å²) in [4.78, 5) is 11.9. The standard InChI is InChI=1S/C16H15BrFNO5S/c1-3-24-16(20)11-8-10(17)9-12(18)15(11)19-25(21,22)14-7-5-4-6-13(14)23-2/h4-9,19H,3H2,1-2H3. The molecule has 2 aromatic carbocycles. The molecule has 0 aromatic heterocycles. The fourth-order valence-corrected chi connectivity index (χ4v) is 3.77. The van der Waals surface area contributed by atoms with Crippen molar-refractivity contribution < 1.29 is 27.1 Å². The molecule has 0 aliphatic heterocycles. The van der Waals surface area contributed by atoms with Crippen LogP contribution < -0.4 is 9.46 Å². The minimum Gasteiger partial charge on any atom is -0.495 e. The molecule has 0 aliphatic rings. The maximum atomic E-state index is 14.3. The number of ether oxygens (including phenoxy) is 2. The van der Waals surface area contributed by atoms with Crippen LogP contribution in [-0.2, 0) is 14.8 Å². The number of esters is 1. The molecule has 0 unspecified atom stereocenters. The Labute approximate surface area is 153 Å². The lowest BCUT2D eigenvalue weighted by atomic mass is 10.2. The largest absolute Gasteiger partial charge is 0.495 e. The van der Waals surface area contributed by atoms with E-state index >= 15 is 0 Å². The molecule has 0 fully saturated rings. The van der Waals surface area contributed by atoms with Crippen LogP contribution in [0.2, 0.25) is 0 Å². The molecule has 1 N–H and O–H groups in total. The zero-order valence-electron chi connectivity index (χ0n) is 13.4. The molecule has 0 radical (unpaired) electrons. The van der Waals surface area contributed by atoms with E-state index in [1.807, 2.05) is 0 Å². The van der Waals surface area contributed by atoms with Crippen molar-refractivity contribution in [3.05, 3.63) is 52.3 Å². The first-order valence-corrected chi connectivity index (χ1v) is 9.39. The van der Waals surface area contributed by atoms with Gasteiger partial charge in [0.15, 0.2) is 0 Å². The molecule has 0 saturated carbocycles. The topological polar surface area (TPSA) is 81.7 Å². The van der Waals surface area contributed by atoms with Crippen LogP contribution in [0.4, 0.5) is 10.1 Å². The van der Waals surface area contributed by atoms with Gasteiger partial charge in [-0.15, -0.1) is 0 Å². The van der Waals surface area contributed by atoms with Gasteiger partial charge in [0.1, 0.15) is 16.5 Å². The van der Waals surface area contributed by atoms with Crippen LogP contribution in [0.3, 0.4) is 0 Å². The van der Waals surface area contributed by atoms with Crippen LogP contribution in [0.5, 0.6) is 5.75 Å². The average Bonchev–Trinajstić information content (AvgIpc) is 2.57. The van der Waals surface area contributed by atoms with Gasteiger partial charge >= 0.3 is 5.97 Å². The number of halogens is 2. The van der Waals surface area contributed by atoms with Gasteiger partial charge in [-0.1, -0.05) is 28.1 Å². The third-order valence-corrected chi connectivity index (χ3v) is 4.99. The van der Waals surface area contributed by atoms with Crippen molar-refractivity contribution in [1.82, 2.24) is 0 Å². The molecule has 25 heavy (non-hydrogen) atoms. The monoisotopic (exact) mass is 431 g/mol. The van der Waals surface area contributed by atoms with Gasteiger partial charge in [-0.2, -0.15) is 0 Å². The second-order valence-electron chi connectivity index (χ2n) is 4.79. The zero-order chi connectivity index (χ0) is 18.6. The predicted molar refractivity (Wildman–Crippen MR) is 93.9 cm³/mol. The smallest absolute Gasteiger partial charge is 0.340 e. The van der Waals surface area contributed by atoms with Crippen molar-refractivity contribution in [2.45, 2.75) is 11.8 Å². The van der Waals surface area contributed by atoms with Gasteiger partial charge in [-0.05, 0) is 31.2 Å². The van der Waals surface area contributed by atoms with Gasteiger partial charge in [0.2, 0.25) is 0 Å². The number of rotatable bonds is 6. The number of hydrogen-bond acceptors (Lipinski definition) is 5. The van der Waals surface area contributed by atoms with Crippen molar-refractivity contribution in [2.24, 2.45) is 0 Å². The average molecular weight is 432 g/mol.